The molecule has 26 heavy (non-hydrogen) atoms. The molecule has 0 bridgehead atoms. The SMILES string of the molecule is Cc1nn(-c2ccccc2)c2c1[C@H](c1ccccc1Cl)C(C#N)=C(N)O2. The van der Waals surface area contributed by atoms with Crippen molar-refractivity contribution in [3.63, 3.8) is 0 Å². The lowest BCUT2D eigenvalue weighted by Gasteiger charge is -2.25. The molecule has 3 aromatic rings. The topological polar surface area (TPSA) is 76.9 Å². The number of allylic oxidation sites excluding steroid dienone is 1. The Morgan fingerprint density at radius 3 is 2.54 bits per heavy atom. The summed E-state index contributed by atoms with van der Waals surface area (Å²) >= 11 is 6.43. The first kappa shape index (κ1) is 16.2. The van der Waals surface area contributed by atoms with Crippen LogP contribution in [-0.2, 0) is 0 Å². The molecular weight excluding hydrogens is 348 g/mol. The monoisotopic (exact) mass is 362 g/mol. The Balaban J connectivity index is 1.99. The Kier molecular flexibility index (Phi) is 3.90. The highest BCUT2D eigenvalue weighted by molar-refractivity contribution is 6.31. The number of nitrogens with zero attached hydrogens (tertiary/aromatic N) is 3. The van der Waals surface area contributed by atoms with E-state index >= 15 is 0 Å². The number of aryl methyl sites for hydroxylation is 1. The van der Waals surface area contributed by atoms with Crippen molar-refractivity contribution in [2.75, 3.05) is 0 Å². The molecule has 0 unspecified atom stereocenters. The molecule has 1 aliphatic rings. The minimum Gasteiger partial charge on any atom is -0.422 e. The minimum atomic E-state index is -0.421. The summed E-state index contributed by atoms with van der Waals surface area (Å²) < 4.78 is 7.53. The quantitative estimate of drug-likeness (QED) is 0.746. The fraction of sp³-hybridized carbons (Fsp3) is 0.100. The van der Waals surface area contributed by atoms with E-state index in [2.05, 4.69) is 11.2 Å². The summed E-state index contributed by atoms with van der Waals surface area (Å²) in [5.74, 6) is 0.159. The van der Waals surface area contributed by atoms with E-state index in [1.54, 1.807) is 10.7 Å². The summed E-state index contributed by atoms with van der Waals surface area (Å²) in [4.78, 5) is 0. The molecule has 0 aliphatic carbocycles. The number of aromatic nitrogens is 2. The standard InChI is InChI=1S/C20H15ClN4O/c1-12-17-18(14-9-5-6-10-16(14)21)15(11-22)19(23)26-20(17)25(24-12)13-7-3-2-4-8-13/h2-10,18H,23H2,1H3/t18-/m1/s1. The van der Waals surface area contributed by atoms with Crippen LogP contribution in [0.15, 0.2) is 66.1 Å². The van der Waals surface area contributed by atoms with Crippen molar-refractivity contribution in [2.45, 2.75) is 12.8 Å². The van der Waals surface area contributed by atoms with Crippen LogP contribution in [0.4, 0.5) is 0 Å². The number of nitrogens with two attached hydrogens (primary N) is 1. The molecule has 0 saturated carbocycles. The van der Waals surface area contributed by atoms with Crippen LogP contribution >= 0.6 is 11.6 Å². The molecule has 0 spiro atoms. The first-order chi connectivity index (χ1) is 12.6. The van der Waals surface area contributed by atoms with E-state index in [-0.39, 0.29) is 5.88 Å². The average Bonchev–Trinajstić information content (AvgIpc) is 2.98. The summed E-state index contributed by atoms with van der Waals surface area (Å²) in [6, 6.07) is 19.3. The third-order valence-corrected chi connectivity index (χ3v) is 4.79. The third kappa shape index (κ3) is 2.43. The van der Waals surface area contributed by atoms with Gasteiger partial charge in [-0.05, 0) is 30.7 Å². The van der Waals surface area contributed by atoms with Crippen molar-refractivity contribution in [3.8, 4) is 17.6 Å². The predicted octanol–water partition coefficient (Wildman–Crippen LogP) is 4.05. The van der Waals surface area contributed by atoms with Crippen molar-refractivity contribution in [2.24, 2.45) is 5.73 Å². The number of benzene rings is 2. The van der Waals surface area contributed by atoms with Gasteiger partial charge < -0.3 is 10.5 Å². The second-order valence-corrected chi connectivity index (χ2v) is 6.41. The first-order valence-corrected chi connectivity index (χ1v) is 8.46. The zero-order valence-corrected chi connectivity index (χ0v) is 14.7. The number of hydrogen-bond donors (Lipinski definition) is 1. The van der Waals surface area contributed by atoms with Crippen LogP contribution in [0.1, 0.15) is 22.7 Å². The van der Waals surface area contributed by atoms with Crippen LogP contribution < -0.4 is 10.5 Å². The molecule has 1 aliphatic heterocycles. The highest BCUT2D eigenvalue weighted by atomic mass is 35.5. The normalized spacial score (nSPS) is 16.0. The fourth-order valence-electron chi connectivity index (χ4n) is 3.28. The number of ether oxygens (including phenoxy) is 1. The Hall–Kier alpha value is -3.23. The number of rotatable bonds is 2. The number of para-hydroxylation sites is 1. The van der Waals surface area contributed by atoms with Crippen molar-refractivity contribution < 1.29 is 4.74 Å². The zero-order chi connectivity index (χ0) is 18.3. The Morgan fingerprint density at radius 2 is 1.85 bits per heavy atom. The number of fused-ring (bicyclic) bond motifs is 1. The summed E-state index contributed by atoms with van der Waals surface area (Å²) in [6.45, 7) is 1.89. The van der Waals surface area contributed by atoms with E-state index in [1.165, 1.54) is 0 Å². The van der Waals surface area contributed by atoms with E-state index in [9.17, 15) is 5.26 Å². The van der Waals surface area contributed by atoms with Crippen LogP contribution in [-0.4, -0.2) is 9.78 Å². The van der Waals surface area contributed by atoms with E-state index in [1.807, 2.05) is 55.5 Å². The van der Waals surface area contributed by atoms with Gasteiger partial charge in [-0.15, -0.1) is 0 Å². The molecule has 0 saturated heterocycles. The predicted molar refractivity (Wildman–Crippen MR) is 99.1 cm³/mol. The van der Waals surface area contributed by atoms with Gasteiger partial charge in [0.05, 0.1) is 22.9 Å². The van der Waals surface area contributed by atoms with Gasteiger partial charge in [0.1, 0.15) is 11.6 Å². The molecule has 2 heterocycles. The van der Waals surface area contributed by atoms with Gasteiger partial charge >= 0.3 is 0 Å². The number of nitriles is 1. The smallest absolute Gasteiger partial charge is 0.229 e. The van der Waals surface area contributed by atoms with Crippen molar-refractivity contribution in [1.29, 1.82) is 5.26 Å². The van der Waals surface area contributed by atoms with Crippen LogP contribution in [0.3, 0.4) is 0 Å². The van der Waals surface area contributed by atoms with Gasteiger partial charge in [0.15, 0.2) is 0 Å². The van der Waals surface area contributed by atoms with E-state index < -0.39 is 5.92 Å². The Bertz CT molecular complexity index is 1060. The highest BCUT2D eigenvalue weighted by Crippen LogP contribution is 2.46. The molecule has 2 aromatic carbocycles. The molecule has 1 aromatic heterocycles. The van der Waals surface area contributed by atoms with E-state index in [4.69, 9.17) is 22.1 Å². The Labute approximate surface area is 155 Å². The molecule has 0 amide bonds. The summed E-state index contributed by atoms with van der Waals surface area (Å²) in [5, 5.41) is 14.9. The summed E-state index contributed by atoms with van der Waals surface area (Å²) in [7, 11) is 0. The lowest BCUT2D eigenvalue weighted by molar-refractivity contribution is 0.367. The number of hydrogen-bond acceptors (Lipinski definition) is 4. The van der Waals surface area contributed by atoms with Gasteiger partial charge in [0, 0.05) is 5.02 Å². The van der Waals surface area contributed by atoms with Gasteiger partial charge in [-0.25, -0.2) is 4.68 Å². The molecular formula is C20H15ClN4O. The molecule has 128 valence electrons. The molecule has 1 atom stereocenters. The van der Waals surface area contributed by atoms with Gasteiger partial charge in [-0.3, -0.25) is 0 Å². The average molecular weight is 363 g/mol. The second kappa shape index (κ2) is 6.25. The van der Waals surface area contributed by atoms with E-state index in [0.717, 1.165) is 22.5 Å². The minimum absolute atomic E-state index is 0.0713. The van der Waals surface area contributed by atoms with Crippen LogP contribution in [0.2, 0.25) is 5.02 Å². The Morgan fingerprint density at radius 1 is 1.15 bits per heavy atom. The molecule has 6 heteroatoms. The summed E-state index contributed by atoms with van der Waals surface area (Å²) in [6.07, 6.45) is 0. The molecule has 0 radical (unpaired) electrons. The van der Waals surface area contributed by atoms with Gasteiger partial charge in [-0.2, -0.15) is 10.4 Å². The first-order valence-electron chi connectivity index (χ1n) is 8.08. The molecule has 5 nitrogen and oxygen atoms in total. The zero-order valence-electron chi connectivity index (χ0n) is 14.0. The molecule has 0 fully saturated rings. The largest absolute Gasteiger partial charge is 0.422 e. The maximum absolute atomic E-state index is 9.69. The van der Waals surface area contributed by atoms with E-state index in [0.29, 0.717) is 16.5 Å². The molecule has 4 rings (SSSR count). The summed E-state index contributed by atoms with van der Waals surface area (Å²) in [5.41, 5.74) is 9.63. The lowest BCUT2D eigenvalue weighted by atomic mass is 9.84. The van der Waals surface area contributed by atoms with Crippen molar-refractivity contribution >= 4 is 11.6 Å². The van der Waals surface area contributed by atoms with Crippen molar-refractivity contribution in [3.05, 3.63) is 87.9 Å². The van der Waals surface area contributed by atoms with Crippen LogP contribution in [0.5, 0.6) is 5.88 Å². The number of halogens is 1. The van der Waals surface area contributed by atoms with Gasteiger partial charge in [-0.1, -0.05) is 48.0 Å². The maximum atomic E-state index is 9.69. The van der Waals surface area contributed by atoms with Crippen molar-refractivity contribution in [1.82, 2.24) is 9.78 Å². The highest BCUT2D eigenvalue weighted by Gasteiger charge is 2.36. The fourth-order valence-corrected chi connectivity index (χ4v) is 3.52. The van der Waals surface area contributed by atoms with Gasteiger partial charge in [0.25, 0.3) is 0 Å². The molecule has 2 N–H and O–H groups in total. The van der Waals surface area contributed by atoms with Crippen LogP contribution in [0, 0.1) is 18.3 Å². The lowest BCUT2D eigenvalue weighted by Crippen LogP contribution is -2.22. The van der Waals surface area contributed by atoms with Gasteiger partial charge in [0.2, 0.25) is 11.8 Å². The van der Waals surface area contributed by atoms with Crippen LogP contribution in [0.25, 0.3) is 5.69 Å². The maximum Gasteiger partial charge on any atom is 0.229 e. The second-order valence-electron chi connectivity index (χ2n) is 6.00. The third-order valence-electron chi connectivity index (χ3n) is 4.45.